The van der Waals surface area contributed by atoms with Crippen LogP contribution in [0.2, 0.25) is 0 Å². The Hall–Kier alpha value is -2.77. The lowest BCUT2D eigenvalue weighted by Crippen LogP contribution is -2.57. The highest BCUT2D eigenvalue weighted by Crippen LogP contribution is 2.35. The summed E-state index contributed by atoms with van der Waals surface area (Å²) in [6, 6.07) is 17.0. The molecular formula is C27H38N4O3. The van der Waals surface area contributed by atoms with Crippen LogP contribution in [0.25, 0.3) is 0 Å². The molecule has 4 rings (SSSR count). The summed E-state index contributed by atoms with van der Waals surface area (Å²) < 4.78 is 11.9. The van der Waals surface area contributed by atoms with Gasteiger partial charge in [0, 0.05) is 51.5 Å². The molecule has 0 radical (unpaired) electrons. The van der Waals surface area contributed by atoms with E-state index in [4.69, 9.17) is 9.47 Å². The molecule has 1 atom stereocenters. The van der Waals surface area contributed by atoms with Gasteiger partial charge in [0.2, 0.25) is 5.91 Å². The van der Waals surface area contributed by atoms with Crippen molar-refractivity contribution in [2.24, 2.45) is 0 Å². The Balaban J connectivity index is 1.51. The van der Waals surface area contributed by atoms with Gasteiger partial charge >= 0.3 is 0 Å². The van der Waals surface area contributed by atoms with Crippen LogP contribution in [0.15, 0.2) is 48.5 Å². The number of amides is 1. The molecule has 2 fully saturated rings. The van der Waals surface area contributed by atoms with Crippen LogP contribution < -0.4 is 19.8 Å². The highest BCUT2D eigenvalue weighted by atomic mass is 16.5. The predicted molar refractivity (Wildman–Crippen MR) is 135 cm³/mol. The van der Waals surface area contributed by atoms with Crippen molar-refractivity contribution in [2.75, 3.05) is 52.3 Å². The molecule has 184 valence electrons. The molecule has 0 bridgehead atoms. The van der Waals surface area contributed by atoms with Crippen LogP contribution in [0.5, 0.6) is 11.5 Å². The fourth-order valence-corrected chi connectivity index (χ4v) is 5.02. The highest BCUT2D eigenvalue weighted by molar-refractivity contribution is 5.77. The summed E-state index contributed by atoms with van der Waals surface area (Å²) in [6.45, 7) is 2.92. The molecule has 7 heteroatoms. The minimum Gasteiger partial charge on any atom is -0.493 e. The second-order valence-electron chi connectivity index (χ2n) is 9.55. The van der Waals surface area contributed by atoms with Gasteiger partial charge in [-0.25, -0.2) is 5.01 Å². The van der Waals surface area contributed by atoms with E-state index < -0.39 is 0 Å². The van der Waals surface area contributed by atoms with Crippen LogP contribution in [0.4, 0.5) is 5.69 Å². The molecule has 2 aromatic rings. The van der Waals surface area contributed by atoms with Crippen molar-refractivity contribution in [2.45, 2.75) is 44.2 Å². The maximum atomic E-state index is 12.5. The summed E-state index contributed by atoms with van der Waals surface area (Å²) in [5.41, 5.74) is 5.31. The van der Waals surface area contributed by atoms with E-state index in [0.717, 1.165) is 56.1 Å². The van der Waals surface area contributed by atoms with Gasteiger partial charge in [-0.15, -0.1) is 0 Å². The second-order valence-corrected chi connectivity index (χ2v) is 9.55. The molecule has 1 saturated heterocycles. The first kappa shape index (κ1) is 24.4. The number of methoxy groups -OCH3 is 1. The summed E-state index contributed by atoms with van der Waals surface area (Å²) in [5, 5.41) is 1.70. The number of hydrogen-bond acceptors (Lipinski definition) is 6. The molecule has 0 spiro atoms. The number of carbonyl (C=O) groups is 1. The summed E-state index contributed by atoms with van der Waals surface area (Å²) in [6.07, 6.45) is 5.87. The van der Waals surface area contributed by atoms with Crippen LogP contribution in [0.1, 0.15) is 31.2 Å². The third-order valence-electron chi connectivity index (χ3n) is 6.72. The lowest BCUT2D eigenvalue weighted by Gasteiger charge is -2.42. The number of piperazine rings is 1. The standard InChI is InChI=1S/C27H38N4O3/c1-29(2)28-27(32)20-31-16-15-30(19-23(31)17-21-9-5-4-6-10-21)22-13-14-25(33-3)26(18-22)34-24-11-7-8-12-24/h4-6,9-10,13-14,18,23-24H,7-8,11-12,15-17,19-20H2,1-3H3,(H,28,32). The normalized spacial score (nSPS) is 19.4. The van der Waals surface area contributed by atoms with Crippen molar-refractivity contribution < 1.29 is 14.3 Å². The number of ether oxygens (including phenoxy) is 2. The first-order valence-corrected chi connectivity index (χ1v) is 12.4. The number of nitrogens with zero attached hydrogens (tertiary/aromatic N) is 3. The Morgan fingerprint density at radius 1 is 1.06 bits per heavy atom. The average Bonchev–Trinajstić information content (AvgIpc) is 3.33. The number of carbonyl (C=O) groups excluding carboxylic acids is 1. The van der Waals surface area contributed by atoms with Crippen LogP contribution in [-0.4, -0.2) is 75.3 Å². The molecule has 1 saturated carbocycles. The topological polar surface area (TPSA) is 57.3 Å². The van der Waals surface area contributed by atoms with Crippen LogP contribution >= 0.6 is 0 Å². The zero-order valence-electron chi connectivity index (χ0n) is 20.7. The molecule has 2 aliphatic rings. The van der Waals surface area contributed by atoms with Crippen LogP contribution in [0, 0.1) is 0 Å². The Morgan fingerprint density at radius 3 is 2.53 bits per heavy atom. The minimum absolute atomic E-state index is 0.0215. The maximum absolute atomic E-state index is 12.5. The first-order chi connectivity index (χ1) is 16.5. The maximum Gasteiger partial charge on any atom is 0.248 e. The third-order valence-corrected chi connectivity index (χ3v) is 6.72. The molecule has 34 heavy (non-hydrogen) atoms. The van der Waals surface area contributed by atoms with Gasteiger partial charge in [-0.05, 0) is 49.8 Å². The van der Waals surface area contributed by atoms with E-state index in [1.54, 1.807) is 12.1 Å². The number of benzene rings is 2. The van der Waals surface area contributed by atoms with Crippen molar-refractivity contribution >= 4 is 11.6 Å². The smallest absolute Gasteiger partial charge is 0.248 e. The third kappa shape index (κ3) is 6.42. The molecule has 1 amide bonds. The molecule has 0 aromatic heterocycles. The fraction of sp³-hybridized carbons (Fsp3) is 0.519. The monoisotopic (exact) mass is 466 g/mol. The van der Waals surface area contributed by atoms with Gasteiger partial charge in [0.15, 0.2) is 11.5 Å². The van der Waals surface area contributed by atoms with E-state index in [2.05, 4.69) is 51.6 Å². The summed E-state index contributed by atoms with van der Waals surface area (Å²) in [4.78, 5) is 17.2. The lowest BCUT2D eigenvalue weighted by atomic mass is 10.0. The highest BCUT2D eigenvalue weighted by Gasteiger charge is 2.29. The summed E-state index contributed by atoms with van der Waals surface area (Å²) >= 11 is 0. The van der Waals surface area contributed by atoms with Crippen LogP contribution in [-0.2, 0) is 11.2 Å². The van der Waals surface area contributed by atoms with Gasteiger partial charge in [0.05, 0.1) is 19.8 Å². The quantitative estimate of drug-likeness (QED) is 0.572. The molecule has 7 nitrogen and oxygen atoms in total. The average molecular weight is 467 g/mol. The molecular weight excluding hydrogens is 428 g/mol. The Bertz CT molecular complexity index is 931. The fourth-order valence-electron chi connectivity index (χ4n) is 5.02. The van der Waals surface area contributed by atoms with Crippen molar-refractivity contribution in [3.05, 3.63) is 54.1 Å². The van der Waals surface area contributed by atoms with Crippen LogP contribution in [0.3, 0.4) is 0 Å². The van der Waals surface area contributed by atoms with E-state index in [0.29, 0.717) is 6.54 Å². The van der Waals surface area contributed by atoms with Crippen molar-refractivity contribution in [1.29, 1.82) is 0 Å². The number of hydrogen-bond donors (Lipinski definition) is 1. The lowest BCUT2D eigenvalue weighted by molar-refractivity contribution is -0.126. The zero-order chi connectivity index (χ0) is 23.9. The van der Waals surface area contributed by atoms with E-state index in [-0.39, 0.29) is 18.1 Å². The van der Waals surface area contributed by atoms with Crippen molar-refractivity contribution in [3.8, 4) is 11.5 Å². The van der Waals surface area contributed by atoms with E-state index >= 15 is 0 Å². The number of hydrazine groups is 1. The molecule has 1 heterocycles. The molecule has 1 N–H and O–H groups in total. The zero-order valence-corrected chi connectivity index (χ0v) is 20.7. The number of anilines is 1. The van der Waals surface area contributed by atoms with Gasteiger partial charge in [-0.2, -0.15) is 0 Å². The minimum atomic E-state index is 0.0215. The largest absolute Gasteiger partial charge is 0.493 e. The SMILES string of the molecule is COc1ccc(N2CCN(CC(=O)NN(C)C)C(Cc3ccccc3)C2)cc1OC1CCCC1. The molecule has 2 aromatic carbocycles. The van der Waals surface area contributed by atoms with E-state index in [1.807, 2.05) is 26.2 Å². The number of rotatable bonds is 9. The van der Waals surface area contributed by atoms with Gasteiger partial charge < -0.3 is 14.4 Å². The van der Waals surface area contributed by atoms with Gasteiger partial charge in [-0.1, -0.05) is 30.3 Å². The van der Waals surface area contributed by atoms with E-state index in [9.17, 15) is 4.79 Å². The van der Waals surface area contributed by atoms with Crippen molar-refractivity contribution in [3.63, 3.8) is 0 Å². The Morgan fingerprint density at radius 2 is 1.82 bits per heavy atom. The van der Waals surface area contributed by atoms with Gasteiger partial charge in [0.25, 0.3) is 0 Å². The summed E-state index contributed by atoms with van der Waals surface area (Å²) in [5.74, 6) is 1.64. The second kappa shape index (κ2) is 11.6. The molecule has 1 aliphatic carbocycles. The van der Waals surface area contributed by atoms with Crippen molar-refractivity contribution in [1.82, 2.24) is 15.3 Å². The Kier molecular flexibility index (Phi) is 8.29. The predicted octanol–water partition coefficient (Wildman–Crippen LogP) is 3.34. The Labute approximate surface area is 203 Å². The van der Waals surface area contributed by atoms with Gasteiger partial charge in [0.1, 0.15) is 0 Å². The molecule has 1 aliphatic heterocycles. The van der Waals surface area contributed by atoms with E-state index in [1.165, 1.54) is 18.4 Å². The molecule has 1 unspecified atom stereocenters. The first-order valence-electron chi connectivity index (χ1n) is 12.4. The summed E-state index contributed by atoms with van der Waals surface area (Å²) in [7, 11) is 5.38. The van der Waals surface area contributed by atoms with Gasteiger partial charge in [-0.3, -0.25) is 15.1 Å². The number of nitrogens with one attached hydrogen (secondary N) is 1.